The van der Waals surface area contributed by atoms with Crippen LogP contribution >= 0.6 is 0 Å². The van der Waals surface area contributed by atoms with Gasteiger partial charge in [0.25, 0.3) is 0 Å². The van der Waals surface area contributed by atoms with Crippen LogP contribution in [-0.4, -0.2) is 48.1 Å². The average molecular weight is 453 g/mol. The van der Waals surface area contributed by atoms with E-state index in [1.54, 1.807) is 0 Å². The Balaban J connectivity index is 1.50. The lowest BCUT2D eigenvalue weighted by atomic mass is 9.47. The van der Waals surface area contributed by atoms with E-state index in [1.165, 1.54) is 80.9 Å². The first-order valence-corrected chi connectivity index (χ1v) is 13.8. The van der Waals surface area contributed by atoms with Gasteiger partial charge in [0.1, 0.15) is 5.75 Å². The summed E-state index contributed by atoms with van der Waals surface area (Å²) in [5.74, 6) is 3.31. The fraction of sp³-hybridized carbons (Fsp3) is 0.800. The summed E-state index contributed by atoms with van der Waals surface area (Å²) in [6.45, 7) is 7.85. The second-order valence-electron chi connectivity index (χ2n) is 13.8. The molecule has 0 spiro atoms. The number of hydrogen-bond donors (Lipinski definition) is 1. The summed E-state index contributed by atoms with van der Waals surface area (Å²) in [4.78, 5) is 4.97. The van der Waals surface area contributed by atoms with Gasteiger partial charge in [0.15, 0.2) is 0 Å². The molecule has 3 heteroatoms. The first-order valence-electron chi connectivity index (χ1n) is 13.8. The molecule has 3 nitrogen and oxygen atoms in total. The first-order chi connectivity index (χ1) is 15.6. The summed E-state index contributed by atoms with van der Waals surface area (Å²) in [7, 11) is 6.76. The van der Waals surface area contributed by atoms with E-state index < -0.39 is 0 Å². The maximum absolute atomic E-state index is 11.8. The Bertz CT molecular complexity index is 831. The molecule has 6 rings (SSSR count). The van der Waals surface area contributed by atoms with Crippen molar-refractivity contribution in [2.24, 2.45) is 17.8 Å². The topological polar surface area (TPSA) is 26.7 Å². The van der Waals surface area contributed by atoms with Crippen LogP contribution < -0.4 is 0 Å². The van der Waals surface area contributed by atoms with E-state index >= 15 is 0 Å². The maximum atomic E-state index is 11.8. The Kier molecular flexibility index (Phi) is 6.14. The van der Waals surface area contributed by atoms with Crippen molar-refractivity contribution in [3.8, 4) is 5.75 Å². The summed E-state index contributed by atoms with van der Waals surface area (Å²) in [5, 5.41) is 11.8. The first kappa shape index (κ1) is 23.7. The van der Waals surface area contributed by atoms with Crippen LogP contribution in [0.3, 0.4) is 0 Å². The fourth-order valence-corrected chi connectivity index (χ4v) is 8.69. The largest absolute Gasteiger partial charge is 0.507 e. The number of phenols is 1. The van der Waals surface area contributed by atoms with Gasteiger partial charge in [-0.15, -0.1) is 0 Å². The highest BCUT2D eigenvalue weighted by Crippen LogP contribution is 2.62. The van der Waals surface area contributed by atoms with Gasteiger partial charge in [-0.25, -0.2) is 0 Å². The number of aromatic hydroxyl groups is 1. The van der Waals surface area contributed by atoms with Crippen molar-refractivity contribution in [3.05, 3.63) is 28.8 Å². The van der Waals surface area contributed by atoms with Gasteiger partial charge < -0.3 is 10.0 Å². The highest BCUT2D eigenvalue weighted by Gasteiger charge is 2.52. The maximum Gasteiger partial charge on any atom is 0.123 e. The summed E-state index contributed by atoms with van der Waals surface area (Å²) < 4.78 is 0. The zero-order chi connectivity index (χ0) is 23.5. The molecule has 0 amide bonds. The van der Waals surface area contributed by atoms with Crippen molar-refractivity contribution >= 4 is 0 Å². The minimum Gasteiger partial charge on any atom is -0.507 e. The third-order valence-corrected chi connectivity index (χ3v) is 10.0. The highest BCUT2D eigenvalue weighted by atomic mass is 16.3. The van der Waals surface area contributed by atoms with Gasteiger partial charge in [0.2, 0.25) is 0 Å². The predicted octanol–water partition coefficient (Wildman–Crippen LogP) is 6.46. The van der Waals surface area contributed by atoms with Gasteiger partial charge in [0, 0.05) is 29.8 Å². The molecule has 0 aromatic heterocycles. The normalized spacial score (nSPS) is 36.2. The third kappa shape index (κ3) is 4.38. The Labute approximate surface area is 202 Å². The Hall–Kier alpha value is -1.06. The van der Waals surface area contributed by atoms with E-state index in [0.29, 0.717) is 17.8 Å². The Morgan fingerprint density at radius 2 is 1.42 bits per heavy atom. The predicted molar refractivity (Wildman–Crippen MR) is 138 cm³/mol. The zero-order valence-corrected chi connectivity index (χ0v) is 22.2. The number of rotatable bonds is 5. The van der Waals surface area contributed by atoms with Crippen LogP contribution in [0.5, 0.6) is 5.75 Å². The van der Waals surface area contributed by atoms with Crippen molar-refractivity contribution in [3.63, 3.8) is 0 Å². The van der Waals surface area contributed by atoms with Gasteiger partial charge in [-0.3, -0.25) is 4.90 Å². The van der Waals surface area contributed by atoms with Gasteiger partial charge in [-0.05, 0) is 107 Å². The molecule has 33 heavy (non-hydrogen) atoms. The minimum atomic E-state index is 0.0923. The van der Waals surface area contributed by atoms with Crippen LogP contribution in [0.4, 0.5) is 0 Å². The number of nitrogens with zero attached hydrogens (tertiary/aromatic N) is 2. The molecule has 0 radical (unpaired) electrons. The SMILES string of the molecule is CN(C)[C@@H]1CCCC[C@H]1N(C)Cc1cc(C(C)(C)C)cc(C23CC4CC(CC(C4)C2)C3)c1O. The van der Waals surface area contributed by atoms with Crippen LogP contribution in [0.2, 0.25) is 0 Å². The molecule has 0 saturated heterocycles. The molecule has 0 heterocycles. The Morgan fingerprint density at radius 1 is 0.879 bits per heavy atom. The molecule has 184 valence electrons. The third-order valence-electron chi connectivity index (χ3n) is 10.0. The van der Waals surface area contributed by atoms with Crippen molar-refractivity contribution < 1.29 is 5.11 Å². The molecule has 1 aromatic carbocycles. The summed E-state index contributed by atoms with van der Waals surface area (Å²) in [6.07, 6.45) is 13.5. The number of benzene rings is 1. The van der Waals surface area contributed by atoms with Gasteiger partial charge in [-0.1, -0.05) is 45.7 Å². The van der Waals surface area contributed by atoms with E-state index in [-0.39, 0.29) is 10.8 Å². The lowest BCUT2D eigenvalue weighted by molar-refractivity contribution is -0.00630. The molecule has 4 bridgehead atoms. The van der Waals surface area contributed by atoms with Gasteiger partial charge in [-0.2, -0.15) is 0 Å². The zero-order valence-electron chi connectivity index (χ0n) is 22.2. The Morgan fingerprint density at radius 3 is 1.94 bits per heavy atom. The molecule has 5 aliphatic carbocycles. The molecular formula is C30H48N2O. The second kappa shape index (κ2) is 8.55. The molecule has 5 fully saturated rings. The van der Waals surface area contributed by atoms with E-state index in [4.69, 9.17) is 0 Å². The van der Waals surface area contributed by atoms with Crippen molar-refractivity contribution in [1.82, 2.24) is 9.80 Å². The molecule has 1 N–H and O–H groups in total. The van der Waals surface area contributed by atoms with Crippen LogP contribution in [0, 0.1) is 17.8 Å². The standard InChI is InChI=1S/C30H48N2O/c1-29(2,3)24-14-23(19-32(6)27-10-8-7-9-26(27)31(4)5)28(33)25(15-24)30-16-20-11-21(17-30)13-22(12-20)18-30/h14-15,20-22,26-27,33H,7-13,16-19H2,1-6H3/t20?,21?,22?,26-,27-,30?/m1/s1. The molecule has 5 aliphatic rings. The van der Waals surface area contributed by atoms with E-state index in [9.17, 15) is 5.11 Å². The number of hydrogen-bond acceptors (Lipinski definition) is 3. The highest BCUT2D eigenvalue weighted by molar-refractivity contribution is 5.50. The number of likely N-dealkylation sites (N-methyl/N-ethyl adjacent to an activating group) is 2. The van der Waals surface area contributed by atoms with E-state index in [2.05, 4.69) is 63.8 Å². The summed E-state index contributed by atoms with van der Waals surface area (Å²) >= 11 is 0. The quantitative estimate of drug-likeness (QED) is 0.555. The van der Waals surface area contributed by atoms with Crippen molar-refractivity contribution in [1.29, 1.82) is 0 Å². The van der Waals surface area contributed by atoms with Gasteiger partial charge in [0.05, 0.1) is 0 Å². The summed E-state index contributed by atoms with van der Waals surface area (Å²) in [5.41, 5.74) is 4.20. The molecule has 1 aromatic rings. The molecule has 5 saturated carbocycles. The number of phenolic OH excluding ortho intramolecular Hbond substituents is 1. The lowest BCUT2D eigenvalue weighted by Crippen LogP contribution is -2.49. The molecular weight excluding hydrogens is 404 g/mol. The van der Waals surface area contributed by atoms with Crippen LogP contribution in [0.1, 0.15) is 102 Å². The second-order valence-corrected chi connectivity index (χ2v) is 13.8. The molecule has 0 unspecified atom stereocenters. The van der Waals surface area contributed by atoms with Crippen molar-refractivity contribution in [2.45, 2.75) is 114 Å². The van der Waals surface area contributed by atoms with Crippen LogP contribution in [-0.2, 0) is 17.4 Å². The van der Waals surface area contributed by atoms with Crippen LogP contribution in [0.15, 0.2) is 12.1 Å². The fourth-order valence-electron chi connectivity index (χ4n) is 8.69. The molecule has 0 aliphatic heterocycles. The molecule has 2 atom stereocenters. The minimum absolute atomic E-state index is 0.0923. The van der Waals surface area contributed by atoms with E-state index in [0.717, 1.165) is 24.3 Å². The smallest absolute Gasteiger partial charge is 0.123 e. The summed E-state index contributed by atoms with van der Waals surface area (Å²) in [6, 6.07) is 5.94. The van der Waals surface area contributed by atoms with Crippen LogP contribution in [0.25, 0.3) is 0 Å². The lowest BCUT2D eigenvalue weighted by Gasteiger charge is -2.57. The average Bonchev–Trinajstić information content (AvgIpc) is 2.73. The van der Waals surface area contributed by atoms with Crippen molar-refractivity contribution in [2.75, 3.05) is 21.1 Å². The monoisotopic (exact) mass is 452 g/mol. The van der Waals surface area contributed by atoms with Gasteiger partial charge >= 0.3 is 0 Å². The van der Waals surface area contributed by atoms with E-state index in [1.807, 2.05) is 0 Å².